The van der Waals surface area contributed by atoms with Gasteiger partial charge in [0.15, 0.2) is 0 Å². The lowest BCUT2D eigenvalue weighted by Gasteiger charge is -2.26. The molecule has 2 atom stereocenters. The first-order valence-electron chi connectivity index (χ1n) is 6.59. The zero-order chi connectivity index (χ0) is 13.4. The van der Waals surface area contributed by atoms with Crippen LogP contribution < -0.4 is 10.1 Å². The van der Waals surface area contributed by atoms with Crippen LogP contribution in [-0.4, -0.2) is 27.4 Å². The summed E-state index contributed by atoms with van der Waals surface area (Å²) in [7, 11) is 3.47. The van der Waals surface area contributed by atoms with E-state index >= 15 is 0 Å². The highest BCUT2D eigenvalue weighted by Gasteiger charge is 2.21. The van der Waals surface area contributed by atoms with Crippen molar-refractivity contribution in [1.29, 1.82) is 0 Å². The minimum absolute atomic E-state index is 0.307. The zero-order valence-electron chi connectivity index (χ0n) is 11.9. The fourth-order valence-electron chi connectivity index (χ4n) is 2.23. The maximum atomic E-state index is 5.46. The molecule has 0 aliphatic carbocycles. The Morgan fingerprint density at radius 1 is 1.22 bits per heavy atom. The predicted molar refractivity (Wildman–Crippen MR) is 75.1 cm³/mol. The molecule has 1 aromatic carbocycles. The molecule has 0 saturated carbocycles. The van der Waals surface area contributed by atoms with E-state index in [1.165, 1.54) is 5.56 Å². The third-order valence-electron chi connectivity index (χ3n) is 3.24. The van der Waals surface area contributed by atoms with Gasteiger partial charge in [-0.05, 0) is 24.9 Å². The lowest BCUT2D eigenvalue weighted by molar-refractivity contribution is 0.170. The van der Waals surface area contributed by atoms with E-state index in [9.17, 15) is 0 Å². The summed E-state index contributed by atoms with van der Waals surface area (Å²) in [5.41, 5.74) is 1.23. The zero-order valence-corrected chi connectivity index (χ0v) is 11.9. The van der Waals surface area contributed by atoms with Crippen LogP contribution in [0.25, 0.3) is 0 Å². The number of hydrogen-bond donors (Lipinski definition) is 1. The number of methoxy groups -OCH3 is 2. The Balaban J connectivity index is 2.88. The van der Waals surface area contributed by atoms with E-state index in [1.807, 2.05) is 12.1 Å². The number of ether oxygens (including phenoxy) is 2. The molecule has 0 aliphatic heterocycles. The first-order valence-corrected chi connectivity index (χ1v) is 6.59. The molecule has 0 bridgehead atoms. The van der Waals surface area contributed by atoms with E-state index in [0.29, 0.717) is 12.0 Å². The summed E-state index contributed by atoms with van der Waals surface area (Å²) in [5.74, 6) is 1.45. The van der Waals surface area contributed by atoms with Crippen LogP contribution in [0.3, 0.4) is 0 Å². The van der Waals surface area contributed by atoms with Crippen LogP contribution in [-0.2, 0) is 4.74 Å². The number of benzene rings is 1. The fraction of sp³-hybridized carbons (Fsp3) is 0.600. The molecule has 0 amide bonds. The molecule has 3 nitrogen and oxygen atoms in total. The number of para-hydroxylation sites is 1. The Hall–Kier alpha value is -1.06. The van der Waals surface area contributed by atoms with Gasteiger partial charge in [0.1, 0.15) is 5.75 Å². The maximum Gasteiger partial charge on any atom is 0.123 e. The van der Waals surface area contributed by atoms with E-state index in [-0.39, 0.29) is 0 Å². The lowest BCUT2D eigenvalue weighted by atomic mass is 9.91. The van der Waals surface area contributed by atoms with Crippen LogP contribution >= 0.6 is 0 Å². The van der Waals surface area contributed by atoms with Gasteiger partial charge in [0.25, 0.3) is 0 Å². The van der Waals surface area contributed by atoms with Crippen molar-refractivity contribution in [3.8, 4) is 5.75 Å². The average Bonchev–Trinajstić information content (AvgIpc) is 2.42. The molecule has 0 spiro atoms. The van der Waals surface area contributed by atoms with Crippen LogP contribution in [0.2, 0.25) is 0 Å². The molecule has 0 saturated heterocycles. The molecule has 102 valence electrons. The van der Waals surface area contributed by atoms with Gasteiger partial charge in [-0.25, -0.2) is 0 Å². The van der Waals surface area contributed by atoms with Crippen LogP contribution in [0.15, 0.2) is 24.3 Å². The second-order valence-electron chi connectivity index (χ2n) is 4.54. The van der Waals surface area contributed by atoms with E-state index in [0.717, 1.165) is 25.3 Å². The Kier molecular flexibility index (Phi) is 6.76. The summed E-state index contributed by atoms with van der Waals surface area (Å²) in [4.78, 5) is 0. The second kappa shape index (κ2) is 8.11. The molecule has 1 aromatic rings. The van der Waals surface area contributed by atoms with Crippen molar-refractivity contribution in [2.24, 2.45) is 5.92 Å². The minimum atomic E-state index is 0.307. The van der Waals surface area contributed by atoms with Gasteiger partial charge in [-0.1, -0.05) is 32.0 Å². The molecule has 3 heteroatoms. The van der Waals surface area contributed by atoms with Gasteiger partial charge in [0.05, 0.1) is 7.11 Å². The van der Waals surface area contributed by atoms with Crippen molar-refractivity contribution in [2.75, 3.05) is 27.4 Å². The molecule has 1 N–H and O–H groups in total. The minimum Gasteiger partial charge on any atom is -0.496 e. The van der Waals surface area contributed by atoms with Crippen molar-refractivity contribution in [1.82, 2.24) is 5.32 Å². The number of rotatable bonds is 8. The topological polar surface area (TPSA) is 30.5 Å². The second-order valence-corrected chi connectivity index (χ2v) is 4.54. The van der Waals surface area contributed by atoms with E-state index in [1.54, 1.807) is 14.2 Å². The highest BCUT2D eigenvalue weighted by atomic mass is 16.5. The summed E-state index contributed by atoms with van der Waals surface area (Å²) in [6.45, 7) is 6.11. The molecular weight excluding hydrogens is 226 g/mol. The monoisotopic (exact) mass is 251 g/mol. The predicted octanol–water partition coefficient (Wildman–Crippen LogP) is 3.02. The normalized spacial score (nSPS) is 14.2. The van der Waals surface area contributed by atoms with Crippen LogP contribution in [0.4, 0.5) is 0 Å². The van der Waals surface area contributed by atoms with Crippen molar-refractivity contribution < 1.29 is 9.47 Å². The first kappa shape index (κ1) is 15.0. The molecule has 0 radical (unpaired) electrons. The molecule has 1 rings (SSSR count). The standard InChI is InChI=1S/C15H25NO2/c1-5-16-15(12(2)10-11-17-3)13-8-6-7-9-14(13)18-4/h6-9,12,15-16H,5,10-11H2,1-4H3. The Morgan fingerprint density at radius 2 is 1.94 bits per heavy atom. The molecule has 0 fully saturated rings. The SMILES string of the molecule is CCNC(c1ccccc1OC)C(C)CCOC. The summed E-state index contributed by atoms with van der Waals surface area (Å²) >= 11 is 0. The summed E-state index contributed by atoms with van der Waals surface area (Å²) in [5, 5.41) is 3.55. The first-order chi connectivity index (χ1) is 8.74. The van der Waals surface area contributed by atoms with Gasteiger partial charge in [0, 0.05) is 25.3 Å². The van der Waals surface area contributed by atoms with Crippen molar-refractivity contribution in [2.45, 2.75) is 26.3 Å². The van der Waals surface area contributed by atoms with Crippen molar-refractivity contribution in [3.05, 3.63) is 29.8 Å². The van der Waals surface area contributed by atoms with Crippen LogP contribution in [0.5, 0.6) is 5.75 Å². The Bertz CT molecular complexity index is 341. The quantitative estimate of drug-likeness (QED) is 0.770. The smallest absolute Gasteiger partial charge is 0.123 e. The summed E-state index contributed by atoms with van der Waals surface area (Å²) < 4.78 is 10.6. The summed E-state index contributed by atoms with van der Waals surface area (Å²) in [6.07, 6.45) is 1.03. The Morgan fingerprint density at radius 3 is 2.56 bits per heavy atom. The highest BCUT2D eigenvalue weighted by molar-refractivity contribution is 5.36. The molecule has 18 heavy (non-hydrogen) atoms. The highest BCUT2D eigenvalue weighted by Crippen LogP contribution is 2.31. The third kappa shape index (κ3) is 4.00. The molecule has 0 heterocycles. The molecular formula is C15H25NO2. The average molecular weight is 251 g/mol. The molecule has 0 aromatic heterocycles. The van der Waals surface area contributed by atoms with Crippen molar-refractivity contribution in [3.63, 3.8) is 0 Å². The number of nitrogens with one attached hydrogen (secondary N) is 1. The largest absolute Gasteiger partial charge is 0.496 e. The van der Waals surface area contributed by atoms with Crippen LogP contribution in [0.1, 0.15) is 31.9 Å². The van der Waals surface area contributed by atoms with Gasteiger partial charge in [0.2, 0.25) is 0 Å². The third-order valence-corrected chi connectivity index (χ3v) is 3.24. The van der Waals surface area contributed by atoms with E-state index < -0.39 is 0 Å². The van der Waals surface area contributed by atoms with E-state index in [2.05, 4.69) is 31.3 Å². The number of hydrogen-bond acceptors (Lipinski definition) is 3. The van der Waals surface area contributed by atoms with Crippen molar-refractivity contribution >= 4 is 0 Å². The van der Waals surface area contributed by atoms with Gasteiger partial charge in [-0.2, -0.15) is 0 Å². The van der Waals surface area contributed by atoms with Gasteiger partial charge in [-0.15, -0.1) is 0 Å². The van der Waals surface area contributed by atoms with Gasteiger partial charge >= 0.3 is 0 Å². The molecule has 2 unspecified atom stereocenters. The van der Waals surface area contributed by atoms with Gasteiger partial charge in [-0.3, -0.25) is 0 Å². The maximum absolute atomic E-state index is 5.46. The van der Waals surface area contributed by atoms with Crippen LogP contribution in [0, 0.1) is 5.92 Å². The van der Waals surface area contributed by atoms with Gasteiger partial charge < -0.3 is 14.8 Å². The Labute approximate surface area is 110 Å². The van der Waals surface area contributed by atoms with E-state index in [4.69, 9.17) is 9.47 Å². The summed E-state index contributed by atoms with van der Waals surface area (Å²) in [6, 6.07) is 8.52. The fourth-order valence-corrected chi connectivity index (χ4v) is 2.23. The lowest BCUT2D eigenvalue weighted by Crippen LogP contribution is -2.28. The molecule has 0 aliphatic rings.